The maximum Gasteiger partial charge on any atom is 0.137 e. The van der Waals surface area contributed by atoms with E-state index in [1.807, 2.05) is 18.2 Å². The van der Waals surface area contributed by atoms with Crippen molar-refractivity contribution in [3.63, 3.8) is 0 Å². The number of nitrogens with two attached hydrogens (primary N) is 1. The van der Waals surface area contributed by atoms with Gasteiger partial charge < -0.3 is 10.3 Å². The van der Waals surface area contributed by atoms with E-state index in [1.54, 1.807) is 6.07 Å². The lowest BCUT2D eigenvalue weighted by Crippen LogP contribution is -1.99. The third-order valence-corrected chi connectivity index (χ3v) is 4.04. The van der Waals surface area contributed by atoms with E-state index < -0.39 is 0 Å². The fourth-order valence-electron chi connectivity index (χ4n) is 2.45. The SMILES string of the molecule is NCc1cn(Cc2ccc(F)c(Br)c2)c2ccccc12. The lowest BCUT2D eigenvalue weighted by molar-refractivity contribution is 0.619. The summed E-state index contributed by atoms with van der Waals surface area (Å²) in [5.41, 5.74) is 9.11. The molecule has 2 nitrogen and oxygen atoms in total. The predicted molar refractivity (Wildman–Crippen MR) is 83.0 cm³/mol. The minimum absolute atomic E-state index is 0.242. The van der Waals surface area contributed by atoms with Gasteiger partial charge in [-0.15, -0.1) is 0 Å². The summed E-state index contributed by atoms with van der Waals surface area (Å²) in [5, 5.41) is 1.18. The molecule has 102 valence electrons. The van der Waals surface area contributed by atoms with Gasteiger partial charge in [-0.3, -0.25) is 0 Å². The van der Waals surface area contributed by atoms with Crippen LogP contribution in [0.15, 0.2) is 53.1 Å². The predicted octanol–water partition coefficient (Wildman–Crippen LogP) is 4.05. The minimum Gasteiger partial charge on any atom is -0.343 e. The van der Waals surface area contributed by atoms with E-state index in [0.29, 0.717) is 17.6 Å². The van der Waals surface area contributed by atoms with Crippen molar-refractivity contribution in [3.05, 3.63) is 70.1 Å². The van der Waals surface area contributed by atoms with Gasteiger partial charge in [0.1, 0.15) is 5.82 Å². The Morgan fingerprint density at radius 2 is 1.95 bits per heavy atom. The van der Waals surface area contributed by atoms with Crippen LogP contribution in [0.3, 0.4) is 0 Å². The first kappa shape index (κ1) is 13.3. The summed E-state index contributed by atoms with van der Waals surface area (Å²) >= 11 is 3.22. The summed E-state index contributed by atoms with van der Waals surface area (Å²) in [4.78, 5) is 0. The zero-order valence-electron chi connectivity index (χ0n) is 10.8. The third-order valence-electron chi connectivity index (χ3n) is 3.43. The van der Waals surface area contributed by atoms with Crippen molar-refractivity contribution in [2.45, 2.75) is 13.1 Å². The first-order valence-corrected chi connectivity index (χ1v) is 7.19. The van der Waals surface area contributed by atoms with Crippen molar-refractivity contribution in [2.75, 3.05) is 0 Å². The second kappa shape index (κ2) is 5.38. The normalized spacial score (nSPS) is 11.2. The summed E-state index contributed by atoms with van der Waals surface area (Å²) < 4.78 is 15.9. The van der Waals surface area contributed by atoms with Gasteiger partial charge in [-0.2, -0.15) is 0 Å². The highest BCUT2D eigenvalue weighted by Crippen LogP contribution is 2.23. The molecule has 0 amide bonds. The van der Waals surface area contributed by atoms with Crippen LogP contribution in [0.25, 0.3) is 10.9 Å². The largest absolute Gasteiger partial charge is 0.343 e. The minimum atomic E-state index is -0.242. The fourth-order valence-corrected chi connectivity index (χ4v) is 2.88. The van der Waals surface area contributed by atoms with Crippen molar-refractivity contribution in [1.29, 1.82) is 0 Å². The van der Waals surface area contributed by atoms with Crippen LogP contribution in [0.5, 0.6) is 0 Å². The van der Waals surface area contributed by atoms with Gasteiger partial charge in [-0.05, 0) is 45.3 Å². The molecule has 0 aliphatic carbocycles. The third kappa shape index (κ3) is 2.37. The molecule has 0 fully saturated rings. The highest BCUT2D eigenvalue weighted by molar-refractivity contribution is 9.10. The van der Waals surface area contributed by atoms with Crippen molar-refractivity contribution >= 4 is 26.8 Å². The monoisotopic (exact) mass is 332 g/mol. The van der Waals surface area contributed by atoms with Gasteiger partial charge in [0.2, 0.25) is 0 Å². The second-order valence-electron chi connectivity index (χ2n) is 4.75. The molecule has 0 atom stereocenters. The lowest BCUT2D eigenvalue weighted by Gasteiger charge is -2.06. The summed E-state index contributed by atoms with van der Waals surface area (Å²) in [6, 6.07) is 13.3. The van der Waals surface area contributed by atoms with Gasteiger partial charge in [0, 0.05) is 30.2 Å². The quantitative estimate of drug-likeness (QED) is 0.770. The highest BCUT2D eigenvalue weighted by atomic mass is 79.9. The smallest absolute Gasteiger partial charge is 0.137 e. The van der Waals surface area contributed by atoms with E-state index in [4.69, 9.17) is 5.73 Å². The maximum atomic E-state index is 13.3. The number of aromatic nitrogens is 1. The number of nitrogens with zero attached hydrogens (tertiary/aromatic N) is 1. The molecule has 0 radical (unpaired) electrons. The van der Waals surface area contributed by atoms with E-state index in [2.05, 4.69) is 38.8 Å². The van der Waals surface area contributed by atoms with Gasteiger partial charge in [0.25, 0.3) is 0 Å². The Labute approximate surface area is 125 Å². The average Bonchev–Trinajstić information content (AvgIpc) is 2.81. The molecule has 0 saturated heterocycles. The topological polar surface area (TPSA) is 30.9 Å². The molecule has 4 heteroatoms. The molecule has 0 bridgehead atoms. The number of rotatable bonds is 3. The fraction of sp³-hybridized carbons (Fsp3) is 0.125. The Bertz CT molecular complexity index is 764. The highest BCUT2D eigenvalue weighted by Gasteiger charge is 2.08. The molecule has 2 N–H and O–H groups in total. The molecule has 0 aliphatic rings. The Hall–Kier alpha value is -1.65. The van der Waals surface area contributed by atoms with Crippen LogP contribution in [0, 0.1) is 5.82 Å². The standard InChI is InChI=1S/C16H14BrFN2/c17-14-7-11(5-6-15(14)18)9-20-10-12(8-19)13-3-1-2-4-16(13)20/h1-7,10H,8-9,19H2. The zero-order chi connectivity index (χ0) is 14.1. The molecule has 3 aromatic rings. The van der Waals surface area contributed by atoms with Crippen LogP contribution < -0.4 is 5.73 Å². The van der Waals surface area contributed by atoms with Gasteiger partial charge in [0.05, 0.1) is 4.47 Å². The van der Waals surface area contributed by atoms with Crippen LogP contribution in [-0.4, -0.2) is 4.57 Å². The first-order chi connectivity index (χ1) is 9.69. The number of benzene rings is 2. The summed E-state index contributed by atoms with van der Waals surface area (Å²) in [6.07, 6.45) is 2.07. The van der Waals surface area contributed by atoms with Gasteiger partial charge >= 0.3 is 0 Å². The summed E-state index contributed by atoms with van der Waals surface area (Å²) in [7, 11) is 0. The molecule has 1 heterocycles. The Morgan fingerprint density at radius 3 is 2.70 bits per heavy atom. The molecule has 0 saturated carbocycles. The molecule has 0 spiro atoms. The molecule has 2 aromatic carbocycles. The van der Waals surface area contributed by atoms with Crippen LogP contribution in [0.1, 0.15) is 11.1 Å². The number of halogens is 2. The average molecular weight is 333 g/mol. The van der Waals surface area contributed by atoms with E-state index in [0.717, 1.165) is 16.6 Å². The van der Waals surface area contributed by atoms with Crippen molar-refractivity contribution < 1.29 is 4.39 Å². The van der Waals surface area contributed by atoms with Crippen LogP contribution in [0.2, 0.25) is 0 Å². The Kier molecular flexibility index (Phi) is 3.59. The van der Waals surface area contributed by atoms with Crippen LogP contribution in [-0.2, 0) is 13.1 Å². The van der Waals surface area contributed by atoms with Gasteiger partial charge in [-0.25, -0.2) is 4.39 Å². The van der Waals surface area contributed by atoms with E-state index in [9.17, 15) is 4.39 Å². The lowest BCUT2D eigenvalue weighted by atomic mass is 10.2. The maximum absolute atomic E-state index is 13.3. The van der Waals surface area contributed by atoms with Gasteiger partial charge in [0.15, 0.2) is 0 Å². The first-order valence-electron chi connectivity index (χ1n) is 6.40. The zero-order valence-corrected chi connectivity index (χ0v) is 12.4. The van der Waals surface area contributed by atoms with Gasteiger partial charge in [-0.1, -0.05) is 24.3 Å². The van der Waals surface area contributed by atoms with E-state index in [1.165, 1.54) is 11.5 Å². The number of fused-ring (bicyclic) bond motifs is 1. The number of para-hydroxylation sites is 1. The Balaban J connectivity index is 2.04. The second-order valence-corrected chi connectivity index (χ2v) is 5.61. The molecular formula is C16H14BrFN2. The summed E-state index contributed by atoms with van der Waals surface area (Å²) in [6.45, 7) is 1.21. The van der Waals surface area contributed by atoms with Crippen molar-refractivity contribution in [3.8, 4) is 0 Å². The van der Waals surface area contributed by atoms with Crippen LogP contribution >= 0.6 is 15.9 Å². The number of hydrogen-bond donors (Lipinski definition) is 1. The van der Waals surface area contributed by atoms with Crippen LogP contribution in [0.4, 0.5) is 4.39 Å². The molecule has 0 aliphatic heterocycles. The number of hydrogen-bond acceptors (Lipinski definition) is 1. The van der Waals surface area contributed by atoms with E-state index >= 15 is 0 Å². The summed E-state index contributed by atoms with van der Waals surface area (Å²) in [5.74, 6) is -0.242. The van der Waals surface area contributed by atoms with Crippen molar-refractivity contribution in [2.24, 2.45) is 5.73 Å². The molecule has 0 unspecified atom stereocenters. The van der Waals surface area contributed by atoms with E-state index in [-0.39, 0.29) is 5.82 Å². The molecule has 20 heavy (non-hydrogen) atoms. The molecule has 3 rings (SSSR count). The molecule has 1 aromatic heterocycles. The van der Waals surface area contributed by atoms with Crippen molar-refractivity contribution in [1.82, 2.24) is 4.57 Å². The molecular weight excluding hydrogens is 319 g/mol. The Morgan fingerprint density at radius 1 is 1.15 bits per heavy atom.